The van der Waals surface area contributed by atoms with E-state index < -0.39 is 0 Å². The monoisotopic (exact) mass is 443 g/mol. The molecular weight excluding hydrogens is 414 g/mol. The molecule has 0 bridgehead atoms. The molecule has 0 saturated heterocycles. The zero-order valence-electron chi connectivity index (χ0n) is 18.8. The lowest BCUT2D eigenvalue weighted by Gasteiger charge is -2.12. The number of hydrogen-bond acceptors (Lipinski definition) is 7. The highest BCUT2D eigenvalue weighted by molar-refractivity contribution is 5.91. The van der Waals surface area contributed by atoms with E-state index in [9.17, 15) is 0 Å². The van der Waals surface area contributed by atoms with Crippen molar-refractivity contribution in [3.63, 3.8) is 0 Å². The number of nitrogens with two attached hydrogens (primary N) is 1. The Balaban J connectivity index is 1.64. The molecule has 5 rings (SSSR count). The minimum absolute atomic E-state index is 0.442. The Hall–Kier alpha value is -3.65. The molecule has 0 amide bonds. The second kappa shape index (κ2) is 9.46. The molecule has 33 heavy (non-hydrogen) atoms. The average molecular weight is 444 g/mol. The van der Waals surface area contributed by atoms with E-state index in [2.05, 4.69) is 21.7 Å². The van der Waals surface area contributed by atoms with Crippen molar-refractivity contribution in [3.05, 3.63) is 54.7 Å². The van der Waals surface area contributed by atoms with Crippen LogP contribution in [0.3, 0.4) is 0 Å². The van der Waals surface area contributed by atoms with Crippen LogP contribution in [0.15, 0.2) is 54.7 Å². The van der Waals surface area contributed by atoms with Gasteiger partial charge in [0.2, 0.25) is 5.95 Å². The van der Waals surface area contributed by atoms with Crippen molar-refractivity contribution in [1.82, 2.24) is 19.6 Å². The van der Waals surface area contributed by atoms with Gasteiger partial charge >= 0.3 is 0 Å². The molecule has 0 unspecified atom stereocenters. The van der Waals surface area contributed by atoms with Gasteiger partial charge in [-0.25, -0.2) is 14.5 Å². The van der Waals surface area contributed by atoms with E-state index >= 15 is 0 Å². The summed E-state index contributed by atoms with van der Waals surface area (Å²) in [6.45, 7) is 1.20. The van der Waals surface area contributed by atoms with Crippen molar-refractivity contribution >= 4 is 17.3 Å². The summed E-state index contributed by atoms with van der Waals surface area (Å²) < 4.78 is 7.27. The fourth-order valence-electron chi connectivity index (χ4n) is 4.43. The van der Waals surface area contributed by atoms with E-state index in [4.69, 9.17) is 20.6 Å². The first-order valence-electron chi connectivity index (χ1n) is 11.5. The lowest BCUT2D eigenvalue weighted by molar-refractivity contribution is 0.415. The Labute approximate surface area is 193 Å². The van der Waals surface area contributed by atoms with E-state index in [-0.39, 0.29) is 0 Å². The summed E-state index contributed by atoms with van der Waals surface area (Å²) in [5.74, 6) is 2.36. The van der Waals surface area contributed by atoms with E-state index in [1.54, 1.807) is 7.11 Å². The standard InChI is InChI=1S/C25H29N7O/c1-33-19-11-9-17(10-12-19)24-23(21-7-4-8-22(27-16-14-26)32(21)31-24)20-13-15-28-25(30-20)29-18-5-2-3-6-18/h4,7-13,15,18,27H,2-3,5-6,14,16,26H2,1H3,(H,28,29,30). The Morgan fingerprint density at radius 2 is 1.91 bits per heavy atom. The molecule has 0 radical (unpaired) electrons. The Bertz CT molecular complexity index is 1230. The first-order valence-corrected chi connectivity index (χ1v) is 11.5. The molecule has 0 atom stereocenters. The molecule has 4 N–H and O–H groups in total. The molecule has 8 nitrogen and oxygen atoms in total. The molecular formula is C25H29N7O. The number of fused-ring (bicyclic) bond motifs is 1. The first kappa shape index (κ1) is 21.2. The molecule has 1 aromatic carbocycles. The van der Waals surface area contributed by atoms with Crippen LogP contribution in [0.4, 0.5) is 11.8 Å². The second-order valence-corrected chi connectivity index (χ2v) is 8.27. The van der Waals surface area contributed by atoms with Gasteiger partial charge in [-0.15, -0.1) is 0 Å². The smallest absolute Gasteiger partial charge is 0.223 e. The molecule has 1 aliphatic rings. The zero-order valence-corrected chi connectivity index (χ0v) is 18.8. The topological polar surface area (TPSA) is 102 Å². The van der Waals surface area contributed by atoms with E-state index in [0.29, 0.717) is 25.1 Å². The maximum Gasteiger partial charge on any atom is 0.223 e. The lowest BCUT2D eigenvalue weighted by atomic mass is 10.0. The zero-order chi connectivity index (χ0) is 22.6. The fourth-order valence-corrected chi connectivity index (χ4v) is 4.43. The number of hydrogen-bond donors (Lipinski definition) is 3. The molecule has 3 aromatic heterocycles. The summed E-state index contributed by atoms with van der Waals surface area (Å²) in [6.07, 6.45) is 6.66. The molecule has 170 valence electrons. The highest BCUT2D eigenvalue weighted by Gasteiger charge is 2.21. The number of ether oxygens (including phenoxy) is 1. The molecule has 4 aromatic rings. The van der Waals surface area contributed by atoms with Crippen LogP contribution in [-0.2, 0) is 0 Å². The van der Waals surface area contributed by atoms with Crippen LogP contribution >= 0.6 is 0 Å². The minimum atomic E-state index is 0.442. The van der Waals surface area contributed by atoms with E-state index in [0.717, 1.165) is 52.4 Å². The van der Waals surface area contributed by atoms with Gasteiger partial charge in [0.15, 0.2) is 0 Å². The van der Waals surface area contributed by atoms with Crippen molar-refractivity contribution in [1.29, 1.82) is 0 Å². The Morgan fingerprint density at radius 3 is 2.67 bits per heavy atom. The third-order valence-corrected chi connectivity index (χ3v) is 6.07. The third-order valence-electron chi connectivity index (χ3n) is 6.07. The fraction of sp³-hybridized carbons (Fsp3) is 0.320. The minimum Gasteiger partial charge on any atom is -0.497 e. The van der Waals surface area contributed by atoms with Crippen LogP contribution in [0.1, 0.15) is 25.7 Å². The number of nitrogens with one attached hydrogen (secondary N) is 2. The highest BCUT2D eigenvalue weighted by atomic mass is 16.5. The summed E-state index contributed by atoms with van der Waals surface area (Å²) in [7, 11) is 1.67. The van der Waals surface area contributed by atoms with Crippen molar-refractivity contribution in [2.75, 3.05) is 30.8 Å². The lowest BCUT2D eigenvalue weighted by Crippen LogP contribution is -2.16. The number of methoxy groups -OCH3 is 1. The maximum absolute atomic E-state index is 5.72. The maximum atomic E-state index is 5.72. The van der Waals surface area contributed by atoms with Gasteiger partial charge in [-0.2, -0.15) is 5.10 Å². The molecule has 1 fully saturated rings. The van der Waals surface area contributed by atoms with Crippen molar-refractivity contribution < 1.29 is 4.74 Å². The first-order chi connectivity index (χ1) is 16.3. The van der Waals surface area contributed by atoms with Crippen LogP contribution in [0, 0.1) is 0 Å². The van der Waals surface area contributed by atoms with Gasteiger partial charge in [0.25, 0.3) is 0 Å². The third kappa shape index (κ3) is 4.34. The Kier molecular flexibility index (Phi) is 6.08. The van der Waals surface area contributed by atoms with E-state index in [1.165, 1.54) is 12.8 Å². The molecule has 8 heteroatoms. The molecule has 0 spiro atoms. The van der Waals surface area contributed by atoms with E-state index in [1.807, 2.05) is 53.2 Å². The van der Waals surface area contributed by atoms with Crippen molar-refractivity contribution in [2.24, 2.45) is 5.73 Å². The SMILES string of the molecule is COc1ccc(-c2nn3c(NCCN)cccc3c2-c2ccnc(NC3CCCC3)n2)cc1. The summed E-state index contributed by atoms with van der Waals surface area (Å²) >= 11 is 0. The molecule has 1 aliphatic carbocycles. The largest absolute Gasteiger partial charge is 0.497 e. The summed E-state index contributed by atoms with van der Waals surface area (Å²) in [5, 5.41) is 11.9. The van der Waals surface area contributed by atoms with Gasteiger partial charge < -0.3 is 21.1 Å². The summed E-state index contributed by atoms with van der Waals surface area (Å²) in [5.41, 5.74) is 10.3. The quantitative estimate of drug-likeness (QED) is 0.375. The average Bonchev–Trinajstić information content (AvgIpc) is 3.51. The van der Waals surface area contributed by atoms with Gasteiger partial charge in [-0.1, -0.05) is 18.9 Å². The summed E-state index contributed by atoms with van der Waals surface area (Å²) in [4.78, 5) is 9.38. The number of pyridine rings is 1. The van der Waals surface area contributed by atoms with Crippen LogP contribution in [0.2, 0.25) is 0 Å². The van der Waals surface area contributed by atoms with Crippen LogP contribution < -0.4 is 21.1 Å². The highest BCUT2D eigenvalue weighted by Crippen LogP contribution is 2.36. The van der Waals surface area contributed by atoms with Crippen LogP contribution in [0.25, 0.3) is 28.0 Å². The van der Waals surface area contributed by atoms with Crippen molar-refractivity contribution in [3.8, 4) is 28.3 Å². The number of anilines is 2. The van der Waals surface area contributed by atoms with Gasteiger partial charge in [0.1, 0.15) is 17.3 Å². The van der Waals surface area contributed by atoms with Gasteiger partial charge in [0, 0.05) is 30.9 Å². The van der Waals surface area contributed by atoms with Gasteiger partial charge in [-0.05, 0) is 55.3 Å². The molecule has 3 heterocycles. The predicted molar refractivity (Wildman–Crippen MR) is 132 cm³/mol. The number of nitrogens with zero attached hydrogens (tertiary/aromatic N) is 4. The molecule has 0 aliphatic heterocycles. The summed E-state index contributed by atoms with van der Waals surface area (Å²) in [6, 6.07) is 16.4. The predicted octanol–water partition coefficient (Wildman–Crippen LogP) is 4.19. The Morgan fingerprint density at radius 1 is 1.09 bits per heavy atom. The second-order valence-electron chi connectivity index (χ2n) is 8.27. The van der Waals surface area contributed by atoms with Gasteiger partial charge in [0.05, 0.1) is 23.9 Å². The normalized spacial score (nSPS) is 14.0. The number of benzene rings is 1. The van der Waals surface area contributed by atoms with Gasteiger partial charge in [-0.3, -0.25) is 0 Å². The van der Waals surface area contributed by atoms with Crippen molar-refractivity contribution in [2.45, 2.75) is 31.7 Å². The van der Waals surface area contributed by atoms with Crippen LogP contribution in [-0.4, -0.2) is 45.8 Å². The molecule has 1 saturated carbocycles. The number of rotatable bonds is 8. The van der Waals surface area contributed by atoms with Crippen LogP contribution in [0.5, 0.6) is 5.75 Å². The number of aromatic nitrogens is 4.